The van der Waals surface area contributed by atoms with E-state index in [9.17, 15) is 9.59 Å². The summed E-state index contributed by atoms with van der Waals surface area (Å²) in [7, 11) is 4.59. The van der Waals surface area contributed by atoms with E-state index in [1.54, 1.807) is 23.1 Å². The average molecular weight is 603 g/mol. The van der Waals surface area contributed by atoms with Gasteiger partial charge in [-0.15, -0.1) is 0 Å². The maximum absolute atomic E-state index is 14.5. The first-order valence-corrected chi connectivity index (χ1v) is 15.3. The second kappa shape index (κ2) is 14.4. The number of amides is 2. The van der Waals surface area contributed by atoms with Gasteiger partial charge in [-0.1, -0.05) is 55.7 Å². The second-order valence-electron chi connectivity index (χ2n) is 11.3. The molecule has 5 rings (SSSR count). The lowest BCUT2D eigenvalue weighted by atomic mass is 9.94. The molecule has 0 unspecified atom stereocenters. The van der Waals surface area contributed by atoms with Crippen LogP contribution in [-0.4, -0.2) is 63.3 Å². The van der Waals surface area contributed by atoms with Crippen LogP contribution in [0.1, 0.15) is 54.8 Å². The van der Waals surface area contributed by atoms with Gasteiger partial charge in [0.05, 0.1) is 21.3 Å². The third kappa shape index (κ3) is 6.87. The molecule has 1 fully saturated rings. The number of carbonyl (C=O) groups excluding carboxylic acids is 2. The Balaban J connectivity index is 1.57. The third-order valence-electron chi connectivity index (χ3n) is 8.46. The lowest BCUT2D eigenvalue weighted by molar-refractivity contribution is -0.148. The number of methoxy groups -OCH3 is 3. The highest BCUT2D eigenvalue weighted by Gasteiger charge is 2.39. The maximum Gasteiger partial charge on any atom is 0.268 e. The van der Waals surface area contributed by atoms with Gasteiger partial charge in [0.2, 0.25) is 17.8 Å². The summed E-state index contributed by atoms with van der Waals surface area (Å²) in [5.74, 6) is 1.67. The van der Waals surface area contributed by atoms with Crippen LogP contribution in [0.25, 0.3) is 0 Å². The highest BCUT2D eigenvalue weighted by Crippen LogP contribution is 2.41. The molecule has 1 saturated carbocycles. The minimum Gasteiger partial charge on any atom is -0.493 e. The molecule has 0 radical (unpaired) electrons. The molecule has 1 aliphatic heterocycles. The Morgan fingerprint density at radius 2 is 1.57 bits per heavy atom. The molecule has 2 aliphatic rings. The highest BCUT2D eigenvalue weighted by molar-refractivity contribution is 5.91. The number of para-hydroxylation sites is 2. The summed E-state index contributed by atoms with van der Waals surface area (Å²) >= 11 is 0. The van der Waals surface area contributed by atoms with Gasteiger partial charge in [-0.25, -0.2) is 0 Å². The Kier molecular flexibility index (Phi) is 10.1. The lowest BCUT2D eigenvalue weighted by Gasteiger charge is -2.36. The molecule has 1 aliphatic carbocycles. The monoisotopic (exact) mass is 602 g/mol. The van der Waals surface area contributed by atoms with Gasteiger partial charge < -0.3 is 33.9 Å². The van der Waals surface area contributed by atoms with Crippen LogP contribution in [0.4, 0.5) is 0 Å². The Hall–Kier alpha value is -4.40. The fraction of sp³-hybridized carbons (Fsp3) is 0.429. The Morgan fingerprint density at radius 1 is 0.909 bits per heavy atom. The molecule has 9 heteroatoms. The van der Waals surface area contributed by atoms with E-state index in [0.29, 0.717) is 40.7 Å². The van der Waals surface area contributed by atoms with Crippen LogP contribution in [0.15, 0.2) is 60.7 Å². The molecule has 44 heavy (non-hydrogen) atoms. The summed E-state index contributed by atoms with van der Waals surface area (Å²) in [6, 6.07) is 17.9. The quantitative estimate of drug-likeness (QED) is 0.313. The normalized spacial score (nSPS) is 16.9. The predicted molar refractivity (Wildman–Crippen MR) is 167 cm³/mol. The Labute approximate surface area is 259 Å². The van der Waals surface area contributed by atoms with Gasteiger partial charge in [0.1, 0.15) is 12.6 Å². The molecular weight excluding hydrogens is 560 g/mol. The molecule has 0 saturated heterocycles. The fourth-order valence-corrected chi connectivity index (χ4v) is 6.08. The van der Waals surface area contributed by atoms with Crippen LogP contribution in [0.5, 0.6) is 28.7 Å². The van der Waals surface area contributed by atoms with Crippen LogP contribution >= 0.6 is 0 Å². The first-order valence-electron chi connectivity index (χ1n) is 15.3. The van der Waals surface area contributed by atoms with Gasteiger partial charge in [-0.2, -0.15) is 0 Å². The van der Waals surface area contributed by atoms with Gasteiger partial charge in [0.15, 0.2) is 23.0 Å². The predicted octanol–water partition coefficient (Wildman–Crippen LogP) is 5.42. The molecule has 2 atom stereocenters. The molecule has 1 N–H and O–H groups in total. The molecule has 1 heterocycles. The fourth-order valence-electron chi connectivity index (χ4n) is 6.08. The second-order valence-corrected chi connectivity index (χ2v) is 11.3. The van der Waals surface area contributed by atoms with Gasteiger partial charge in [-0.05, 0) is 67.1 Å². The number of ether oxygens (including phenoxy) is 5. The smallest absolute Gasteiger partial charge is 0.268 e. The number of benzene rings is 3. The SMILES string of the molecule is COc1cc([C@@H](C(=O)NC2CCCCC2)N(CCc2ccccc2C)C(=O)[C@@H]2COc3ccccc3O2)cc(OC)c1OC. The Bertz CT molecular complexity index is 1430. The molecule has 0 bridgehead atoms. The summed E-state index contributed by atoms with van der Waals surface area (Å²) in [6.07, 6.45) is 4.69. The van der Waals surface area contributed by atoms with Gasteiger partial charge in [-0.3, -0.25) is 9.59 Å². The third-order valence-corrected chi connectivity index (χ3v) is 8.46. The largest absolute Gasteiger partial charge is 0.493 e. The van der Waals surface area contributed by atoms with Crippen LogP contribution in [-0.2, 0) is 16.0 Å². The summed E-state index contributed by atoms with van der Waals surface area (Å²) < 4.78 is 29.0. The number of hydrogen-bond donors (Lipinski definition) is 1. The van der Waals surface area contributed by atoms with Crippen molar-refractivity contribution in [3.05, 3.63) is 77.4 Å². The van der Waals surface area contributed by atoms with E-state index in [1.165, 1.54) is 21.3 Å². The van der Waals surface area contributed by atoms with Gasteiger partial charge in [0, 0.05) is 12.6 Å². The van der Waals surface area contributed by atoms with Crippen molar-refractivity contribution in [1.82, 2.24) is 10.2 Å². The number of hydrogen-bond acceptors (Lipinski definition) is 7. The van der Waals surface area contributed by atoms with E-state index in [4.69, 9.17) is 23.7 Å². The highest BCUT2D eigenvalue weighted by atomic mass is 16.6. The van der Waals surface area contributed by atoms with Crippen LogP contribution in [0.2, 0.25) is 0 Å². The van der Waals surface area contributed by atoms with Crippen LogP contribution < -0.4 is 29.0 Å². The van der Waals surface area contributed by atoms with E-state index in [-0.39, 0.29) is 31.0 Å². The topological polar surface area (TPSA) is 95.6 Å². The molecule has 234 valence electrons. The number of nitrogens with one attached hydrogen (secondary N) is 1. The zero-order chi connectivity index (χ0) is 31.1. The summed E-state index contributed by atoms with van der Waals surface area (Å²) in [5, 5.41) is 3.27. The van der Waals surface area contributed by atoms with Crippen molar-refractivity contribution in [3.63, 3.8) is 0 Å². The van der Waals surface area contributed by atoms with Crippen LogP contribution in [0, 0.1) is 6.92 Å². The van der Waals surface area contributed by atoms with Crippen molar-refractivity contribution < 1.29 is 33.3 Å². The maximum atomic E-state index is 14.5. The number of rotatable bonds is 11. The first-order chi connectivity index (χ1) is 21.4. The van der Waals surface area contributed by atoms with E-state index in [1.807, 2.05) is 49.4 Å². The standard InChI is InChI=1S/C35H42N2O7/c1-23-12-8-9-13-24(23)18-19-37(35(39)31-22-43-27-16-10-11-17-28(27)44-31)32(34(38)36-26-14-6-5-7-15-26)25-20-29(40-2)33(42-4)30(21-25)41-3/h8-13,16-17,20-21,26,31-32H,5-7,14-15,18-19,22H2,1-4H3,(H,36,38)/t31-,32-/m0/s1. The molecule has 0 spiro atoms. The number of nitrogens with zero attached hydrogens (tertiary/aromatic N) is 1. The molecular formula is C35H42N2O7. The van der Waals surface area contributed by atoms with Crippen molar-refractivity contribution in [1.29, 1.82) is 0 Å². The van der Waals surface area contributed by atoms with Crippen molar-refractivity contribution >= 4 is 11.8 Å². The molecule has 9 nitrogen and oxygen atoms in total. The van der Waals surface area contributed by atoms with Crippen molar-refractivity contribution in [2.24, 2.45) is 0 Å². The van der Waals surface area contributed by atoms with Gasteiger partial charge in [0.25, 0.3) is 5.91 Å². The summed E-state index contributed by atoms with van der Waals surface area (Å²) in [6.45, 7) is 2.34. The van der Waals surface area contributed by atoms with E-state index < -0.39 is 12.1 Å². The minimum absolute atomic E-state index is 0.0307. The number of fused-ring (bicyclic) bond motifs is 1. The Morgan fingerprint density at radius 3 is 2.23 bits per heavy atom. The lowest BCUT2D eigenvalue weighted by Crippen LogP contribution is -2.53. The number of aryl methyl sites for hydroxylation is 1. The summed E-state index contributed by atoms with van der Waals surface area (Å²) in [5.41, 5.74) is 2.75. The number of carbonyl (C=O) groups is 2. The van der Waals surface area contributed by atoms with Gasteiger partial charge >= 0.3 is 0 Å². The zero-order valence-corrected chi connectivity index (χ0v) is 26.0. The van der Waals surface area contributed by atoms with Crippen molar-refractivity contribution in [2.45, 2.75) is 63.6 Å². The van der Waals surface area contributed by atoms with Crippen LogP contribution in [0.3, 0.4) is 0 Å². The first kappa shape index (κ1) is 31.0. The van der Waals surface area contributed by atoms with E-state index in [2.05, 4.69) is 5.32 Å². The van der Waals surface area contributed by atoms with Crippen molar-refractivity contribution in [3.8, 4) is 28.7 Å². The van der Waals surface area contributed by atoms with E-state index in [0.717, 1.165) is 43.2 Å². The molecule has 3 aromatic carbocycles. The minimum atomic E-state index is -0.997. The zero-order valence-electron chi connectivity index (χ0n) is 26.0. The molecule has 2 amide bonds. The van der Waals surface area contributed by atoms with E-state index >= 15 is 0 Å². The average Bonchev–Trinajstić information content (AvgIpc) is 3.06. The molecule has 3 aromatic rings. The summed E-state index contributed by atoms with van der Waals surface area (Å²) in [4.78, 5) is 30.5. The molecule has 0 aromatic heterocycles. The van der Waals surface area contributed by atoms with Crippen molar-refractivity contribution in [2.75, 3.05) is 34.5 Å².